The van der Waals surface area contributed by atoms with Gasteiger partial charge in [0.1, 0.15) is 22.7 Å². The van der Waals surface area contributed by atoms with Crippen molar-refractivity contribution in [3.8, 4) is 24.7 Å². The summed E-state index contributed by atoms with van der Waals surface area (Å²) in [6, 6.07) is 58.6. The maximum atomic E-state index is 12.4. The zero-order valence-corrected chi connectivity index (χ0v) is 82.3. The van der Waals surface area contributed by atoms with Crippen molar-refractivity contribution in [2.24, 2.45) is 0 Å². The summed E-state index contributed by atoms with van der Waals surface area (Å²) in [5.41, 5.74) is 43.1. The number of fused-ring (bicyclic) bond motifs is 4. The smallest absolute Gasteiger partial charge is 0.337 e. The Morgan fingerprint density at radius 1 is 0.468 bits per heavy atom. The third kappa shape index (κ3) is 28.2. The van der Waals surface area contributed by atoms with Gasteiger partial charge in [-0.2, -0.15) is 62.9 Å². The van der Waals surface area contributed by atoms with Crippen LogP contribution in [-0.4, -0.2) is 79.3 Å². The van der Waals surface area contributed by atoms with Crippen LogP contribution >= 0.6 is 27.5 Å². The van der Waals surface area contributed by atoms with Gasteiger partial charge in [0.2, 0.25) is 0 Å². The predicted molar refractivity (Wildman–Crippen MR) is 487 cm³/mol. The third-order valence-corrected chi connectivity index (χ3v) is 19.9. The van der Waals surface area contributed by atoms with Crippen molar-refractivity contribution in [1.29, 1.82) is 0 Å². The fraction of sp³-hybridized carbons (Fsp3) is 0.152. The molecule has 11 aromatic heterocycles. The molecule has 0 fully saturated rings. The number of halogens is 3. The number of nitro benzene ring substituents is 2. The number of nitrogens with two attached hydrogens (primary N) is 3. The predicted octanol–water partition coefficient (Wildman–Crippen LogP) is 20.6. The van der Waals surface area contributed by atoms with E-state index in [-0.39, 0.29) is 120 Å². The van der Waals surface area contributed by atoms with Crippen molar-refractivity contribution in [2.75, 3.05) is 33.2 Å². The number of nitrogen functional groups attached to an aromatic ring is 3. The van der Waals surface area contributed by atoms with Crippen molar-refractivity contribution >= 4 is 124 Å². The summed E-state index contributed by atoms with van der Waals surface area (Å²) >= 11 is 8.88. The number of para-hydroxylation sites is 1. The summed E-state index contributed by atoms with van der Waals surface area (Å²) in [4.78, 5) is 52.7. The zero-order valence-electron chi connectivity index (χ0n) is 71.4. The summed E-state index contributed by atoms with van der Waals surface area (Å²) in [5.74, 6) is 3.10. The van der Waals surface area contributed by atoms with E-state index in [1.54, 1.807) is 77.1 Å². The molecule has 0 spiro atoms. The first-order chi connectivity index (χ1) is 58.5. The number of nitro groups is 3. The van der Waals surface area contributed by atoms with Crippen molar-refractivity contribution < 1.29 is 127 Å². The maximum absolute atomic E-state index is 12.4. The number of pyridine rings is 7. The number of carboxylic acids is 1. The standard InChI is InChI=1S/C16H14N3O2.C16H17N3.C15H13N4O2.C9H11N3.C9H10N2.C8H8N2.C7H7Br.C6H5ClN2O2.C6H3FNO2.3Y/c1-10-5-3-4-6-14(10)18-15-11(2)19-12(7-8-17-19)9-13(15)16(20)21;1-11-6-4-5-7-15(11)18-16-12(2)10-14-8-9-17-19(14)13(16)3;1-10-9-12-7-8-16-18(12)11(2)15(10)17-13-5-3-4-6-14(13)19(20)21;1-6-5-8-3-4-11-12(8)7(2)9(6)10;1-4-8-5-6(2)9(10)7(3)11-8;1-3-7-4-6(2)8(9)5-10-7;1-6-4-2-3-5-7(6)8;1-4-2-6(7)8-3-5(4)9(10)11;7-5-3-1-2-4-6(5)8(9)10;;;/h4-9,18H,1-2H3,(H,20,21);4-10,18H,1-3H3;3,5-9,17H,1-2H3;3-5H,10H2,1-2H3;1,5H,10H2,2-3H3;1,4-5H,9H2,2H3;2-5H,1H3;2-3H,1H3;1,3-4H;;;/q-1;;-1;;;;;;-1;;;. The number of aromatic nitrogens is 11. The molecular weight excluding hydrogens is 1910 g/mol. The Hall–Kier alpha value is -12.1. The van der Waals surface area contributed by atoms with Crippen LogP contribution in [0.3, 0.4) is 0 Å². The number of nitrogens with zero attached hydrogens (tertiary/aromatic N) is 14. The van der Waals surface area contributed by atoms with Crippen molar-refractivity contribution in [3.63, 3.8) is 0 Å². The van der Waals surface area contributed by atoms with Crippen LogP contribution in [0.25, 0.3) is 22.1 Å². The summed E-state index contributed by atoms with van der Waals surface area (Å²) < 4.78 is 20.9. The van der Waals surface area contributed by atoms with Crippen LogP contribution in [0.2, 0.25) is 5.15 Å². The number of carbonyl (C=O) groups is 1. The van der Waals surface area contributed by atoms with E-state index in [1.807, 2.05) is 150 Å². The largest absolute Gasteiger partial charge is 0.478 e. The van der Waals surface area contributed by atoms with Crippen LogP contribution in [0.4, 0.5) is 72.6 Å². The molecule has 16 aromatic rings. The monoisotopic (exact) mass is 2000 g/mol. The molecule has 0 saturated carbocycles. The van der Waals surface area contributed by atoms with E-state index in [0.717, 1.165) is 131 Å². The zero-order chi connectivity index (χ0) is 90.1. The van der Waals surface area contributed by atoms with Gasteiger partial charge in [-0.05, 0) is 208 Å². The first-order valence-corrected chi connectivity index (χ1v) is 38.6. The minimum Gasteiger partial charge on any atom is -0.478 e. The number of anilines is 9. The molecule has 10 N–H and O–H groups in total. The van der Waals surface area contributed by atoms with Gasteiger partial charge in [0, 0.05) is 154 Å². The first kappa shape index (κ1) is 104. The Morgan fingerprint density at radius 2 is 0.897 bits per heavy atom. The Morgan fingerprint density at radius 3 is 1.35 bits per heavy atom. The van der Waals surface area contributed by atoms with Gasteiger partial charge >= 0.3 is 5.97 Å². The number of aryl methyl sites for hydroxylation is 14. The van der Waals surface area contributed by atoms with E-state index < -0.39 is 32.2 Å². The summed E-state index contributed by atoms with van der Waals surface area (Å²) in [6.07, 6.45) is 20.0. The van der Waals surface area contributed by atoms with Gasteiger partial charge in [0.05, 0.1) is 107 Å². The molecule has 0 amide bonds. The molecule has 5 aromatic carbocycles. The van der Waals surface area contributed by atoms with E-state index in [4.69, 9.17) is 41.6 Å². The van der Waals surface area contributed by atoms with Gasteiger partial charge in [0.25, 0.3) is 5.69 Å². The molecule has 637 valence electrons. The Bertz CT molecular complexity index is 6590. The molecule has 0 atom stereocenters. The average molecular weight is 2000 g/mol. The minimum atomic E-state index is -0.968. The summed E-state index contributed by atoms with van der Waals surface area (Å²) in [7, 11) is 0. The van der Waals surface area contributed by atoms with Crippen molar-refractivity contribution in [2.45, 2.75) is 96.9 Å². The quantitative estimate of drug-likeness (QED) is 0.0220. The SMILES string of the molecule is C#Cc1cc(C)c(N)c(C)n1.C#Cc1cc(C)c(N)cn1.Cc1c[c-]ccc1Nc1c(C(=O)O)cc2ccnn2c1C.Cc1cc(Cl)ncc1[N+](=O)[O-].Cc1cc2ccnn2c(C)c1N.Cc1cc2ccnn2c(C)c1Nc1cc[c-]cc1[N+](=O)[O-].Cc1ccccc1Br.Cc1ccccc1Nc1c(C)cc2ccnn2c1C.O=[N+]([O-])c1c[c-]ccc1F.[Y].[Y].[Y]. The second-order valence-electron chi connectivity index (χ2n) is 27.5. The topological polar surface area (TPSA) is 389 Å². The number of benzene rings is 5. The Balaban J connectivity index is 0.000000256. The van der Waals surface area contributed by atoms with Crippen molar-refractivity contribution in [3.05, 3.63) is 367 Å². The van der Waals surface area contributed by atoms with Gasteiger partial charge in [-0.25, -0.2) is 42.2 Å². The molecule has 28 nitrogen and oxygen atoms in total. The van der Waals surface area contributed by atoms with Crippen LogP contribution in [0, 0.1) is 176 Å². The van der Waals surface area contributed by atoms with Crippen LogP contribution in [0.15, 0.2) is 212 Å². The van der Waals surface area contributed by atoms with E-state index in [9.17, 15) is 44.6 Å². The number of hydrogen-bond donors (Lipinski definition) is 7. The van der Waals surface area contributed by atoms with E-state index in [1.165, 1.54) is 39.4 Å². The number of carboxylic acid groups (broad SMARTS) is 1. The fourth-order valence-electron chi connectivity index (χ4n) is 11.9. The molecule has 34 heteroatoms. The molecule has 11 heterocycles. The molecule has 0 bridgehead atoms. The van der Waals surface area contributed by atoms with Crippen molar-refractivity contribution in [1.82, 2.24) is 53.4 Å². The molecule has 0 unspecified atom stereocenters. The van der Waals surface area contributed by atoms with Gasteiger partial charge in [-0.15, -0.1) is 36.6 Å². The van der Waals surface area contributed by atoms with E-state index in [0.29, 0.717) is 34.0 Å². The summed E-state index contributed by atoms with van der Waals surface area (Å²) in [5, 5.41) is 67.9. The molecule has 16 rings (SSSR count). The molecule has 0 aliphatic carbocycles. The molecule has 3 radical (unpaired) electrons. The van der Waals surface area contributed by atoms with E-state index >= 15 is 0 Å². The molecule has 0 aliphatic heterocycles. The van der Waals surface area contributed by atoms with Gasteiger partial charge in [-0.1, -0.05) is 101 Å². The average Bonchev–Trinajstić information content (AvgIpc) is 1.62. The second-order valence-corrected chi connectivity index (χ2v) is 28.7. The van der Waals surface area contributed by atoms with E-state index in [2.05, 4.69) is 155 Å². The maximum Gasteiger partial charge on any atom is 0.337 e. The Kier molecular flexibility index (Phi) is 41.1. The minimum absolute atomic E-state index is 0. The van der Waals surface area contributed by atoms with Crippen LogP contribution in [0.1, 0.15) is 100 Å². The number of rotatable bonds is 10. The van der Waals surface area contributed by atoms with Crippen LogP contribution in [0.5, 0.6) is 0 Å². The van der Waals surface area contributed by atoms with Gasteiger partial charge < -0.3 is 38.3 Å². The number of terminal acetylenes is 2. The normalized spacial score (nSPS) is 9.93. The van der Waals surface area contributed by atoms with Gasteiger partial charge in [-0.3, -0.25) is 30.3 Å². The summed E-state index contributed by atoms with van der Waals surface area (Å²) in [6.45, 7) is 27.4. The first-order valence-electron chi connectivity index (χ1n) is 37.5. The number of aromatic carboxylic acids is 1. The van der Waals surface area contributed by atoms with Crippen LogP contribution < -0.4 is 33.2 Å². The third-order valence-electron chi connectivity index (χ3n) is 18.8. The van der Waals surface area contributed by atoms with Gasteiger partial charge in [0.15, 0.2) is 11.4 Å². The second kappa shape index (κ2) is 49.6. The fourth-order valence-corrected chi connectivity index (χ4v) is 12.4. The van der Waals surface area contributed by atoms with Crippen LogP contribution in [-0.2, 0) is 98.1 Å². The number of nitrogens with one attached hydrogen (secondary N) is 3. The molecular formula is C92H88BrClFN20O8Y3-3. The molecule has 0 aliphatic rings. The molecule has 126 heavy (non-hydrogen) atoms. The number of hydrogen-bond acceptors (Lipinski definition) is 20. The molecule has 0 saturated heterocycles. The Labute approximate surface area is 817 Å².